The van der Waals surface area contributed by atoms with Gasteiger partial charge in [-0.3, -0.25) is 0 Å². The van der Waals surface area contributed by atoms with Crippen molar-refractivity contribution in [3.63, 3.8) is 0 Å². The zero-order chi connectivity index (χ0) is 11.5. The Bertz CT molecular complexity index is 233. The average Bonchev–Trinajstić information content (AvgIpc) is 3.22. The summed E-state index contributed by atoms with van der Waals surface area (Å²) in [7, 11) is 0. The molecule has 1 aliphatic heterocycles. The molecule has 2 aliphatic carbocycles. The summed E-state index contributed by atoms with van der Waals surface area (Å²) >= 11 is 0. The molecule has 2 saturated carbocycles. The van der Waals surface area contributed by atoms with E-state index in [9.17, 15) is 0 Å². The lowest BCUT2D eigenvalue weighted by Gasteiger charge is -2.39. The largest absolute Gasteiger partial charge is 0.381 e. The van der Waals surface area contributed by atoms with Crippen LogP contribution in [0.5, 0.6) is 0 Å². The van der Waals surface area contributed by atoms with Gasteiger partial charge in [-0.1, -0.05) is 12.8 Å². The predicted octanol–water partition coefficient (Wildman–Crippen LogP) is 2.97. The van der Waals surface area contributed by atoms with E-state index in [0.717, 1.165) is 37.0 Å². The van der Waals surface area contributed by atoms with E-state index in [1.807, 2.05) is 0 Å². The van der Waals surface area contributed by atoms with E-state index < -0.39 is 0 Å². The molecule has 2 atom stereocenters. The lowest BCUT2D eigenvalue weighted by atomic mass is 9.70. The highest BCUT2D eigenvalue weighted by molar-refractivity contribution is 4.87. The number of hydrogen-bond donors (Lipinski definition) is 1. The van der Waals surface area contributed by atoms with Crippen LogP contribution >= 0.6 is 0 Å². The summed E-state index contributed by atoms with van der Waals surface area (Å²) in [5.74, 6) is 2.93. The quantitative estimate of drug-likeness (QED) is 0.811. The molecule has 0 aromatic heterocycles. The van der Waals surface area contributed by atoms with Gasteiger partial charge in [0.1, 0.15) is 0 Å². The van der Waals surface area contributed by atoms with Crippen LogP contribution in [0, 0.1) is 17.8 Å². The van der Waals surface area contributed by atoms with Crippen molar-refractivity contribution in [1.29, 1.82) is 0 Å². The fourth-order valence-electron chi connectivity index (χ4n) is 3.86. The highest BCUT2D eigenvalue weighted by Crippen LogP contribution is 2.39. The van der Waals surface area contributed by atoms with Crippen molar-refractivity contribution in [3.8, 4) is 0 Å². The molecule has 3 aliphatic rings. The lowest BCUT2D eigenvalue weighted by Crippen LogP contribution is -2.37. The lowest BCUT2D eigenvalue weighted by molar-refractivity contribution is 0.0232. The molecule has 2 nitrogen and oxygen atoms in total. The molecule has 0 bridgehead atoms. The maximum atomic E-state index is 5.52. The van der Waals surface area contributed by atoms with Gasteiger partial charge in [0.2, 0.25) is 0 Å². The van der Waals surface area contributed by atoms with Crippen molar-refractivity contribution >= 4 is 0 Å². The number of nitrogens with one attached hydrogen (secondary N) is 1. The first-order valence-corrected chi connectivity index (χ1v) is 7.74. The third-order valence-corrected chi connectivity index (χ3v) is 5.09. The van der Waals surface area contributed by atoms with E-state index in [-0.39, 0.29) is 0 Å². The Balaban J connectivity index is 1.53. The van der Waals surface area contributed by atoms with E-state index in [2.05, 4.69) is 5.32 Å². The fraction of sp³-hybridized carbons (Fsp3) is 1.00. The second-order valence-corrected chi connectivity index (χ2v) is 6.34. The standard InChI is InChI=1S/C15H27NO/c1-2-4-15(12-7-9-17-10-8-12)13(3-1)11-16-14-5-6-14/h12-16H,1-11H2. The minimum atomic E-state index is 0.882. The maximum Gasteiger partial charge on any atom is 0.0468 e. The first-order chi connectivity index (χ1) is 8.43. The van der Waals surface area contributed by atoms with Crippen LogP contribution in [-0.2, 0) is 4.74 Å². The summed E-state index contributed by atoms with van der Waals surface area (Å²) in [6.45, 7) is 3.33. The van der Waals surface area contributed by atoms with Crippen molar-refractivity contribution in [1.82, 2.24) is 5.32 Å². The van der Waals surface area contributed by atoms with Crippen LogP contribution in [0.2, 0.25) is 0 Å². The van der Waals surface area contributed by atoms with Gasteiger partial charge in [-0.05, 0) is 62.8 Å². The molecular weight excluding hydrogens is 210 g/mol. The van der Waals surface area contributed by atoms with Gasteiger partial charge in [0.25, 0.3) is 0 Å². The van der Waals surface area contributed by atoms with E-state index >= 15 is 0 Å². The molecule has 17 heavy (non-hydrogen) atoms. The van der Waals surface area contributed by atoms with Crippen LogP contribution in [0.3, 0.4) is 0 Å². The number of rotatable bonds is 4. The van der Waals surface area contributed by atoms with Crippen LogP contribution in [0.4, 0.5) is 0 Å². The van der Waals surface area contributed by atoms with Crippen molar-refractivity contribution < 1.29 is 4.74 Å². The van der Waals surface area contributed by atoms with E-state index in [4.69, 9.17) is 4.74 Å². The van der Waals surface area contributed by atoms with E-state index in [1.165, 1.54) is 57.9 Å². The minimum absolute atomic E-state index is 0.882. The van der Waals surface area contributed by atoms with Crippen molar-refractivity contribution in [2.45, 2.75) is 57.4 Å². The first kappa shape index (κ1) is 12.0. The molecule has 2 unspecified atom stereocenters. The molecule has 2 heteroatoms. The number of ether oxygens (including phenoxy) is 1. The van der Waals surface area contributed by atoms with Gasteiger partial charge in [0, 0.05) is 19.3 Å². The van der Waals surface area contributed by atoms with E-state index in [1.54, 1.807) is 0 Å². The van der Waals surface area contributed by atoms with Gasteiger partial charge in [-0.15, -0.1) is 0 Å². The van der Waals surface area contributed by atoms with Gasteiger partial charge in [-0.2, -0.15) is 0 Å². The SMILES string of the molecule is C1CCC(C2CCOCC2)C(CNC2CC2)C1. The van der Waals surface area contributed by atoms with Crippen LogP contribution in [0.1, 0.15) is 51.4 Å². The average molecular weight is 237 g/mol. The zero-order valence-corrected chi connectivity index (χ0v) is 11.0. The van der Waals surface area contributed by atoms with E-state index in [0.29, 0.717) is 0 Å². The molecule has 0 aromatic carbocycles. The summed E-state index contributed by atoms with van der Waals surface area (Å²) in [4.78, 5) is 0. The summed E-state index contributed by atoms with van der Waals surface area (Å²) in [6, 6.07) is 0.882. The van der Waals surface area contributed by atoms with Crippen molar-refractivity contribution in [2.24, 2.45) is 17.8 Å². The molecule has 98 valence electrons. The molecule has 0 radical (unpaired) electrons. The molecule has 1 N–H and O–H groups in total. The van der Waals surface area contributed by atoms with Crippen molar-refractivity contribution in [3.05, 3.63) is 0 Å². The Morgan fingerprint density at radius 2 is 1.65 bits per heavy atom. The Morgan fingerprint density at radius 3 is 2.41 bits per heavy atom. The molecular formula is C15H27NO. The predicted molar refractivity (Wildman–Crippen MR) is 70.0 cm³/mol. The summed E-state index contributed by atoms with van der Waals surface area (Å²) in [6.07, 6.45) is 11.4. The molecule has 0 aromatic rings. The topological polar surface area (TPSA) is 21.3 Å². The van der Waals surface area contributed by atoms with Gasteiger partial charge >= 0.3 is 0 Å². The fourth-order valence-corrected chi connectivity index (χ4v) is 3.86. The Labute approximate surface area is 105 Å². The minimum Gasteiger partial charge on any atom is -0.381 e. The monoisotopic (exact) mass is 237 g/mol. The Hall–Kier alpha value is -0.0800. The Kier molecular flexibility index (Phi) is 4.02. The Morgan fingerprint density at radius 1 is 0.882 bits per heavy atom. The molecule has 0 amide bonds. The molecule has 3 rings (SSSR count). The van der Waals surface area contributed by atoms with Crippen LogP contribution in [0.25, 0.3) is 0 Å². The normalized spacial score (nSPS) is 36.0. The third kappa shape index (κ3) is 3.23. The number of hydrogen-bond acceptors (Lipinski definition) is 2. The summed E-state index contributed by atoms with van der Waals surface area (Å²) < 4.78 is 5.52. The molecule has 1 heterocycles. The first-order valence-electron chi connectivity index (χ1n) is 7.74. The zero-order valence-electron chi connectivity index (χ0n) is 11.0. The molecule has 3 fully saturated rings. The highest BCUT2D eigenvalue weighted by Gasteiger charge is 2.33. The van der Waals surface area contributed by atoms with Gasteiger partial charge in [0.05, 0.1) is 0 Å². The maximum absolute atomic E-state index is 5.52. The van der Waals surface area contributed by atoms with Crippen molar-refractivity contribution in [2.75, 3.05) is 19.8 Å². The second-order valence-electron chi connectivity index (χ2n) is 6.34. The second kappa shape index (κ2) is 5.71. The van der Waals surface area contributed by atoms with Gasteiger partial charge in [-0.25, -0.2) is 0 Å². The van der Waals surface area contributed by atoms with Crippen LogP contribution in [-0.4, -0.2) is 25.8 Å². The van der Waals surface area contributed by atoms with Gasteiger partial charge < -0.3 is 10.1 Å². The smallest absolute Gasteiger partial charge is 0.0468 e. The molecule has 1 saturated heterocycles. The molecule has 0 spiro atoms. The van der Waals surface area contributed by atoms with Gasteiger partial charge in [0.15, 0.2) is 0 Å². The summed E-state index contributed by atoms with van der Waals surface area (Å²) in [5.41, 5.74) is 0. The summed E-state index contributed by atoms with van der Waals surface area (Å²) in [5, 5.41) is 3.76. The van der Waals surface area contributed by atoms with Crippen LogP contribution < -0.4 is 5.32 Å². The van der Waals surface area contributed by atoms with Crippen LogP contribution in [0.15, 0.2) is 0 Å². The third-order valence-electron chi connectivity index (χ3n) is 5.09. The highest BCUT2D eigenvalue weighted by atomic mass is 16.5.